The average molecular weight is 293 g/mol. The molecule has 0 heterocycles. The van der Waals surface area contributed by atoms with E-state index in [-0.39, 0.29) is 18.0 Å². The normalized spacial score (nSPS) is 23.8. The van der Waals surface area contributed by atoms with Gasteiger partial charge in [0.2, 0.25) is 0 Å². The summed E-state index contributed by atoms with van der Waals surface area (Å²) in [6.45, 7) is 4.26. The van der Waals surface area contributed by atoms with Crippen LogP contribution in [0.3, 0.4) is 0 Å². The minimum absolute atomic E-state index is 0.0812. The molecule has 0 radical (unpaired) electrons. The lowest BCUT2D eigenvalue weighted by atomic mass is 9.85. The van der Waals surface area contributed by atoms with E-state index >= 15 is 0 Å². The van der Waals surface area contributed by atoms with Gasteiger partial charge in [0.25, 0.3) is 0 Å². The second-order valence-electron chi connectivity index (χ2n) is 6.28. The van der Waals surface area contributed by atoms with Gasteiger partial charge in [-0.25, -0.2) is 4.39 Å². The lowest BCUT2D eigenvalue weighted by Gasteiger charge is -2.31. The Morgan fingerprint density at radius 3 is 2.71 bits per heavy atom. The molecule has 0 amide bonds. The van der Waals surface area contributed by atoms with Gasteiger partial charge in [-0.2, -0.15) is 0 Å². The van der Waals surface area contributed by atoms with E-state index in [2.05, 4.69) is 13.8 Å². The minimum Gasteiger partial charge on any atom is -0.490 e. The maximum Gasteiger partial charge on any atom is 0.127 e. The van der Waals surface area contributed by atoms with Gasteiger partial charge in [0.05, 0.1) is 0 Å². The lowest BCUT2D eigenvalue weighted by molar-refractivity contribution is 0.0900. The van der Waals surface area contributed by atoms with Crippen molar-refractivity contribution in [1.29, 1.82) is 0 Å². The van der Waals surface area contributed by atoms with Crippen LogP contribution in [0.25, 0.3) is 0 Å². The molecule has 1 fully saturated rings. The van der Waals surface area contributed by atoms with Gasteiger partial charge >= 0.3 is 0 Å². The van der Waals surface area contributed by atoms with Crippen LogP contribution in [-0.4, -0.2) is 12.1 Å². The van der Waals surface area contributed by atoms with Crippen LogP contribution in [0.2, 0.25) is 0 Å². The van der Waals surface area contributed by atoms with Crippen LogP contribution in [0, 0.1) is 11.7 Å². The van der Waals surface area contributed by atoms with Gasteiger partial charge in [0.15, 0.2) is 0 Å². The van der Waals surface area contributed by atoms with Crippen molar-refractivity contribution in [2.45, 2.75) is 70.9 Å². The van der Waals surface area contributed by atoms with Gasteiger partial charge in [0.1, 0.15) is 17.7 Å². The van der Waals surface area contributed by atoms with E-state index in [1.165, 1.54) is 25.3 Å². The van der Waals surface area contributed by atoms with E-state index in [1.807, 2.05) is 6.07 Å². The molecule has 0 aliphatic heterocycles. The highest BCUT2D eigenvalue weighted by Gasteiger charge is 2.25. The molecule has 1 aromatic rings. The molecule has 0 saturated heterocycles. The number of benzene rings is 1. The van der Waals surface area contributed by atoms with Gasteiger partial charge in [-0.3, -0.25) is 0 Å². The van der Waals surface area contributed by atoms with Crippen molar-refractivity contribution in [1.82, 2.24) is 0 Å². The average Bonchev–Trinajstić information content (AvgIpc) is 2.47. The molecule has 2 N–H and O–H groups in total. The Balaban J connectivity index is 2.08. The van der Waals surface area contributed by atoms with Crippen LogP contribution < -0.4 is 10.5 Å². The van der Waals surface area contributed by atoms with Crippen LogP contribution >= 0.6 is 0 Å². The van der Waals surface area contributed by atoms with Crippen LogP contribution in [0.15, 0.2) is 18.2 Å². The van der Waals surface area contributed by atoms with E-state index in [0.29, 0.717) is 18.1 Å². The second kappa shape index (κ2) is 7.79. The van der Waals surface area contributed by atoms with Crippen molar-refractivity contribution in [2.24, 2.45) is 11.7 Å². The number of rotatable bonds is 6. The maximum absolute atomic E-state index is 13.8. The quantitative estimate of drug-likeness (QED) is 0.841. The molecule has 2 rings (SSSR count). The predicted molar refractivity (Wildman–Crippen MR) is 85.0 cm³/mol. The number of nitrogens with two attached hydrogens (primary N) is 1. The fourth-order valence-corrected chi connectivity index (χ4v) is 3.22. The summed E-state index contributed by atoms with van der Waals surface area (Å²) < 4.78 is 19.9. The topological polar surface area (TPSA) is 35.2 Å². The summed E-state index contributed by atoms with van der Waals surface area (Å²) in [5, 5.41) is 0. The molecule has 1 aliphatic rings. The molecule has 3 heteroatoms. The number of hydrogen-bond acceptors (Lipinski definition) is 2. The predicted octanol–water partition coefficient (Wildman–Crippen LogP) is 4.45. The van der Waals surface area contributed by atoms with Crippen molar-refractivity contribution in [3.63, 3.8) is 0 Å². The fraction of sp³-hybridized carbons (Fsp3) is 0.667. The number of hydrogen-bond donors (Lipinski definition) is 1. The summed E-state index contributed by atoms with van der Waals surface area (Å²) in [5.41, 5.74) is 6.90. The minimum atomic E-state index is -0.227. The zero-order chi connectivity index (χ0) is 15.2. The molecule has 0 spiro atoms. The Bertz CT molecular complexity index is 449. The summed E-state index contributed by atoms with van der Waals surface area (Å²) in [4.78, 5) is 0. The molecule has 0 bridgehead atoms. The molecule has 118 valence electrons. The molecule has 3 atom stereocenters. The summed E-state index contributed by atoms with van der Waals surface area (Å²) in [6, 6.07) is 5.11. The lowest BCUT2D eigenvalue weighted by Crippen LogP contribution is -2.30. The van der Waals surface area contributed by atoms with Crippen molar-refractivity contribution >= 4 is 0 Å². The first-order chi connectivity index (χ1) is 10.1. The number of ether oxygens (including phenoxy) is 1. The Labute approximate surface area is 127 Å². The summed E-state index contributed by atoms with van der Waals surface area (Å²) in [6.07, 6.45) is 7.77. The van der Waals surface area contributed by atoms with Gasteiger partial charge in [-0.1, -0.05) is 20.3 Å². The van der Waals surface area contributed by atoms with Gasteiger partial charge in [0, 0.05) is 12.1 Å². The van der Waals surface area contributed by atoms with Crippen LogP contribution in [0.1, 0.15) is 57.9 Å². The monoisotopic (exact) mass is 293 g/mol. The molecule has 1 aliphatic carbocycles. The molecule has 3 unspecified atom stereocenters. The largest absolute Gasteiger partial charge is 0.490 e. The van der Waals surface area contributed by atoms with Crippen LogP contribution in [-0.2, 0) is 6.42 Å². The standard InChI is InChI=1S/C18H28FNO/c1-3-14-7-5-6-8-18(14)21-17-11-13(9-15(19)12-17)10-16(20)4-2/h9,11-12,14,16,18H,3-8,10,20H2,1-2H3. The molecule has 21 heavy (non-hydrogen) atoms. The van der Waals surface area contributed by atoms with E-state index in [1.54, 1.807) is 6.07 Å². The van der Waals surface area contributed by atoms with Crippen LogP contribution in [0.5, 0.6) is 5.75 Å². The highest BCUT2D eigenvalue weighted by molar-refractivity contribution is 5.30. The Kier molecular flexibility index (Phi) is 6.04. The fourth-order valence-electron chi connectivity index (χ4n) is 3.22. The van der Waals surface area contributed by atoms with Gasteiger partial charge < -0.3 is 10.5 Å². The Morgan fingerprint density at radius 1 is 1.24 bits per heavy atom. The van der Waals surface area contributed by atoms with E-state index in [0.717, 1.165) is 24.8 Å². The van der Waals surface area contributed by atoms with Crippen molar-refractivity contribution in [3.05, 3.63) is 29.6 Å². The zero-order valence-electron chi connectivity index (χ0n) is 13.3. The highest BCUT2D eigenvalue weighted by atomic mass is 19.1. The molecule has 1 aromatic carbocycles. The first kappa shape index (κ1) is 16.3. The first-order valence-electron chi connectivity index (χ1n) is 8.34. The molecular weight excluding hydrogens is 265 g/mol. The summed E-state index contributed by atoms with van der Waals surface area (Å²) in [5.74, 6) is 1.04. The molecule has 1 saturated carbocycles. The SMILES string of the molecule is CCC(N)Cc1cc(F)cc(OC2CCCCC2CC)c1. The van der Waals surface area contributed by atoms with Crippen molar-refractivity contribution in [2.75, 3.05) is 0 Å². The van der Waals surface area contributed by atoms with Gasteiger partial charge in [-0.15, -0.1) is 0 Å². The van der Waals surface area contributed by atoms with Crippen LogP contribution in [0.4, 0.5) is 4.39 Å². The third-order valence-corrected chi connectivity index (χ3v) is 4.60. The van der Waals surface area contributed by atoms with E-state index in [4.69, 9.17) is 10.5 Å². The second-order valence-corrected chi connectivity index (χ2v) is 6.28. The first-order valence-corrected chi connectivity index (χ1v) is 8.34. The summed E-state index contributed by atoms with van der Waals surface area (Å²) in [7, 11) is 0. The third-order valence-electron chi connectivity index (χ3n) is 4.60. The smallest absolute Gasteiger partial charge is 0.127 e. The van der Waals surface area contributed by atoms with Crippen molar-refractivity contribution in [3.8, 4) is 5.75 Å². The van der Waals surface area contributed by atoms with E-state index < -0.39 is 0 Å². The Morgan fingerprint density at radius 2 is 2.00 bits per heavy atom. The highest BCUT2D eigenvalue weighted by Crippen LogP contribution is 2.31. The molecule has 2 nitrogen and oxygen atoms in total. The number of halogens is 1. The summed E-state index contributed by atoms with van der Waals surface area (Å²) >= 11 is 0. The van der Waals surface area contributed by atoms with E-state index in [9.17, 15) is 4.39 Å². The van der Waals surface area contributed by atoms with Crippen molar-refractivity contribution < 1.29 is 9.13 Å². The third kappa shape index (κ3) is 4.70. The van der Waals surface area contributed by atoms with Gasteiger partial charge in [-0.05, 0) is 62.1 Å². The molecule has 0 aromatic heterocycles. The maximum atomic E-state index is 13.8. The zero-order valence-corrected chi connectivity index (χ0v) is 13.3. The Hall–Kier alpha value is -1.09. The molecular formula is C18H28FNO.